The van der Waals surface area contributed by atoms with E-state index in [1.165, 1.54) is 6.42 Å². The minimum Gasteiger partial charge on any atom is -0.381 e. The van der Waals surface area contributed by atoms with Crippen molar-refractivity contribution in [2.24, 2.45) is 5.92 Å². The van der Waals surface area contributed by atoms with Crippen molar-refractivity contribution in [1.29, 1.82) is 5.26 Å². The molecule has 1 fully saturated rings. The first-order valence-corrected chi connectivity index (χ1v) is 6.90. The molecule has 2 rings (SSSR count). The number of anilines is 1. The van der Waals surface area contributed by atoms with Crippen molar-refractivity contribution in [2.45, 2.75) is 33.1 Å². The second-order valence-electron chi connectivity index (χ2n) is 5.20. The maximum absolute atomic E-state index is 9.13. The van der Waals surface area contributed by atoms with E-state index in [1.807, 2.05) is 19.9 Å². The molecule has 0 spiro atoms. The molecule has 1 aliphatic heterocycles. The molecule has 0 aliphatic carbocycles. The Morgan fingerprint density at radius 2 is 2.37 bits per heavy atom. The Kier molecular flexibility index (Phi) is 4.75. The Balaban J connectivity index is 1.92. The van der Waals surface area contributed by atoms with Crippen LogP contribution in [0, 0.1) is 31.1 Å². The summed E-state index contributed by atoms with van der Waals surface area (Å²) < 4.78 is 5.47. The molecule has 2 heterocycles. The van der Waals surface area contributed by atoms with E-state index in [9.17, 15) is 0 Å². The van der Waals surface area contributed by atoms with Gasteiger partial charge in [-0.2, -0.15) is 5.26 Å². The van der Waals surface area contributed by atoms with Crippen molar-refractivity contribution in [1.82, 2.24) is 4.98 Å². The van der Waals surface area contributed by atoms with Crippen molar-refractivity contribution in [3.05, 3.63) is 22.9 Å². The van der Waals surface area contributed by atoms with Crippen LogP contribution in [-0.4, -0.2) is 24.7 Å². The Labute approximate surface area is 114 Å². The van der Waals surface area contributed by atoms with Crippen molar-refractivity contribution >= 4 is 5.82 Å². The van der Waals surface area contributed by atoms with E-state index in [1.54, 1.807) is 0 Å². The van der Waals surface area contributed by atoms with Gasteiger partial charge in [-0.15, -0.1) is 0 Å². The predicted molar refractivity (Wildman–Crippen MR) is 75.1 cm³/mol. The van der Waals surface area contributed by atoms with Gasteiger partial charge in [-0.3, -0.25) is 0 Å². The molecule has 1 aromatic heterocycles. The zero-order valence-corrected chi connectivity index (χ0v) is 11.7. The summed E-state index contributed by atoms with van der Waals surface area (Å²) in [5, 5.41) is 12.4. The molecule has 1 atom stereocenters. The topological polar surface area (TPSA) is 57.9 Å². The van der Waals surface area contributed by atoms with Crippen LogP contribution in [0.1, 0.15) is 36.1 Å². The van der Waals surface area contributed by atoms with Crippen LogP contribution in [0.4, 0.5) is 5.82 Å². The summed E-state index contributed by atoms with van der Waals surface area (Å²) in [6, 6.07) is 4.10. The molecule has 19 heavy (non-hydrogen) atoms. The quantitative estimate of drug-likeness (QED) is 0.903. The number of ether oxygens (including phenoxy) is 1. The van der Waals surface area contributed by atoms with Crippen LogP contribution in [0.3, 0.4) is 0 Å². The number of hydrogen-bond donors (Lipinski definition) is 1. The standard InChI is InChI=1S/C15H21N3O/c1-11-8-14(9-16)15(18-12(11)2)17-6-5-13-4-3-7-19-10-13/h8,13H,3-7,10H2,1-2H3,(H,17,18)/t13-/m1/s1. The smallest absolute Gasteiger partial charge is 0.144 e. The largest absolute Gasteiger partial charge is 0.381 e. The molecular formula is C15H21N3O. The summed E-state index contributed by atoms with van der Waals surface area (Å²) in [6.07, 6.45) is 3.47. The number of aryl methyl sites for hydroxylation is 2. The molecule has 102 valence electrons. The van der Waals surface area contributed by atoms with Crippen molar-refractivity contribution < 1.29 is 4.74 Å². The van der Waals surface area contributed by atoms with Crippen LogP contribution in [0.2, 0.25) is 0 Å². The molecule has 0 radical (unpaired) electrons. The van der Waals surface area contributed by atoms with Gasteiger partial charge in [0.1, 0.15) is 11.9 Å². The monoisotopic (exact) mass is 259 g/mol. The van der Waals surface area contributed by atoms with E-state index in [4.69, 9.17) is 10.00 Å². The fourth-order valence-corrected chi connectivity index (χ4v) is 2.36. The van der Waals surface area contributed by atoms with E-state index >= 15 is 0 Å². The van der Waals surface area contributed by atoms with Crippen LogP contribution in [0.15, 0.2) is 6.07 Å². The summed E-state index contributed by atoms with van der Waals surface area (Å²) in [7, 11) is 0. The molecule has 1 aliphatic rings. The number of hydrogen-bond acceptors (Lipinski definition) is 4. The van der Waals surface area contributed by atoms with Crippen molar-refractivity contribution in [3.8, 4) is 6.07 Å². The van der Waals surface area contributed by atoms with Crippen molar-refractivity contribution in [3.63, 3.8) is 0 Å². The molecule has 0 unspecified atom stereocenters. The molecule has 0 bridgehead atoms. The van der Waals surface area contributed by atoms with Gasteiger partial charge in [0.05, 0.1) is 5.56 Å². The van der Waals surface area contributed by atoms with Gasteiger partial charge in [0.25, 0.3) is 0 Å². The highest BCUT2D eigenvalue weighted by Gasteiger charge is 2.14. The van der Waals surface area contributed by atoms with E-state index in [-0.39, 0.29) is 0 Å². The minimum absolute atomic E-state index is 0.628. The van der Waals surface area contributed by atoms with Gasteiger partial charge >= 0.3 is 0 Å². The summed E-state index contributed by atoms with van der Waals surface area (Å²) in [4.78, 5) is 4.46. The SMILES string of the molecule is Cc1cc(C#N)c(NCC[C@H]2CCCOC2)nc1C. The number of rotatable bonds is 4. The Morgan fingerprint density at radius 3 is 3.05 bits per heavy atom. The third-order valence-corrected chi connectivity index (χ3v) is 3.69. The fraction of sp³-hybridized carbons (Fsp3) is 0.600. The molecule has 1 aromatic rings. The number of nitrogens with zero attached hydrogens (tertiary/aromatic N) is 2. The molecule has 0 saturated carbocycles. The maximum Gasteiger partial charge on any atom is 0.144 e. The van der Waals surface area contributed by atoms with Gasteiger partial charge in [0, 0.05) is 25.5 Å². The lowest BCUT2D eigenvalue weighted by atomic mass is 9.99. The second-order valence-corrected chi connectivity index (χ2v) is 5.20. The average molecular weight is 259 g/mol. The van der Waals surface area contributed by atoms with Gasteiger partial charge in [-0.25, -0.2) is 4.98 Å². The van der Waals surface area contributed by atoms with Crippen LogP contribution < -0.4 is 5.32 Å². The number of nitriles is 1. The first-order chi connectivity index (χ1) is 9.20. The first kappa shape index (κ1) is 13.8. The lowest BCUT2D eigenvalue weighted by molar-refractivity contribution is 0.0530. The van der Waals surface area contributed by atoms with Gasteiger partial charge < -0.3 is 10.1 Å². The normalized spacial score (nSPS) is 18.9. The highest BCUT2D eigenvalue weighted by atomic mass is 16.5. The van der Waals surface area contributed by atoms with Gasteiger partial charge in [-0.1, -0.05) is 0 Å². The van der Waals surface area contributed by atoms with Crippen LogP contribution in [-0.2, 0) is 4.74 Å². The lowest BCUT2D eigenvalue weighted by Gasteiger charge is -2.22. The third-order valence-electron chi connectivity index (χ3n) is 3.69. The van der Waals surface area contributed by atoms with E-state index in [0.29, 0.717) is 17.3 Å². The Bertz CT molecular complexity index is 473. The van der Waals surface area contributed by atoms with E-state index < -0.39 is 0 Å². The summed E-state index contributed by atoms with van der Waals surface area (Å²) in [5.74, 6) is 1.35. The van der Waals surface area contributed by atoms with Gasteiger partial charge in [0.2, 0.25) is 0 Å². The van der Waals surface area contributed by atoms with Gasteiger partial charge in [0.15, 0.2) is 0 Å². The van der Waals surface area contributed by atoms with Crippen LogP contribution in [0.25, 0.3) is 0 Å². The molecule has 4 heteroatoms. The highest BCUT2D eigenvalue weighted by Crippen LogP contribution is 2.19. The highest BCUT2D eigenvalue weighted by molar-refractivity contribution is 5.53. The van der Waals surface area contributed by atoms with Crippen LogP contribution >= 0.6 is 0 Å². The first-order valence-electron chi connectivity index (χ1n) is 6.90. The maximum atomic E-state index is 9.13. The average Bonchev–Trinajstić information content (AvgIpc) is 2.43. The lowest BCUT2D eigenvalue weighted by Crippen LogP contribution is -2.20. The second kappa shape index (κ2) is 6.53. The molecule has 1 N–H and O–H groups in total. The minimum atomic E-state index is 0.628. The molecular weight excluding hydrogens is 238 g/mol. The van der Waals surface area contributed by atoms with E-state index in [0.717, 1.165) is 43.9 Å². The third kappa shape index (κ3) is 3.68. The Hall–Kier alpha value is -1.60. The number of nitrogens with one attached hydrogen (secondary N) is 1. The zero-order chi connectivity index (χ0) is 13.7. The summed E-state index contributed by atoms with van der Waals surface area (Å²) in [5.41, 5.74) is 2.66. The van der Waals surface area contributed by atoms with Crippen molar-refractivity contribution in [2.75, 3.05) is 25.1 Å². The summed E-state index contributed by atoms with van der Waals surface area (Å²) >= 11 is 0. The molecule has 0 aromatic carbocycles. The zero-order valence-electron chi connectivity index (χ0n) is 11.7. The van der Waals surface area contributed by atoms with E-state index in [2.05, 4.69) is 16.4 Å². The van der Waals surface area contributed by atoms with Gasteiger partial charge in [-0.05, 0) is 50.7 Å². The summed E-state index contributed by atoms with van der Waals surface area (Å²) in [6.45, 7) is 6.57. The fourth-order valence-electron chi connectivity index (χ4n) is 2.36. The number of pyridine rings is 1. The molecule has 1 saturated heterocycles. The molecule has 4 nitrogen and oxygen atoms in total. The van der Waals surface area contributed by atoms with Crippen LogP contribution in [0.5, 0.6) is 0 Å². The predicted octanol–water partition coefficient (Wildman–Crippen LogP) is 2.80. The number of aromatic nitrogens is 1. The Morgan fingerprint density at radius 1 is 1.53 bits per heavy atom. The molecule has 0 amide bonds.